The Kier molecular flexibility index (Phi) is 3.64. The average Bonchev–Trinajstić information content (AvgIpc) is 2.53. The number of amides is 1. The monoisotopic (exact) mass is 196 g/mol. The first-order chi connectivity index (χ1) is 6.65. The molecular weight excluding hydrogens is 180 g/mol. The third-order valence-electron chi connectivity index (χ3n) is 1.82. The summed E-state index contributed by atoms with van der Waals surface area (Å²) in [6.45, 7) is 4.50. The maximum Gasteiger partial charge on any atom is 0.242 e. The van der Waals surface area contributed by atoms with Crippen LogP contribution in [0.2, 0.25) is 0 Å². The summed E-state index contributed by atoms with van der Waals surface area (Å²) in [5.41, 5.74) is 5.43. The van der Waals surface area contributed by atoms with Crippen molar-refractivity contribution in [1.29, 1.82) is 0 Å². The molecule has 0 radical (unpaired) electrons. The van der Waals surface area contributed by atoms with E-state index in [1.165, 1.54) is 0 Å². The van der Waals surface area contributed by atoms with Crippen LogP contribution >= 0.6 is 0 Å². The van der Waals surface area contributed by atoms with Crippen molar-refractivity contribution in [1.82, 2.24) is 9.78 Å². The summed E-state index contributed by atoms with van der Waals surface area (Å²) in [6.07, 6.45) is 2.63. The number of carbonyl (C=O) groups excluding carboxylic acids is 1. The lowest BCUT2D eigenvalue weighted by molar-refractivity contribution is -0.117. The zero-order valence-electron chi connectivity index (χ0n) is 8.53. The number of hydrogen-bond acceptors (Lipinski definition) is 3. The molecule has 1 heterocycles. The van der Waals surface area contributed by atoms with Gasteiger partial charge in [0.05, 0.1) is 12.2 Å². The van der Waals surface area contributed by atoms with Crippen LogP contribution in [0.15, 0.2) is 12.3 Å². The highest BCUT2D eigenvalue weighted by Gasteiger charge is 2.09. The Balaban J connectivity index is 2.66. The number of hydrogen-bond donors (Lipinski definition) is 2. The summed E-state index contributed by atoms with van der Waals surface area (Å²) in [5.74, 6) is 0.511. The molecule has 3 N–H and O–H groups in total. The molecule has 14 heavy (non-hydrogen) atoms. The summed E-state index contributed by atoms with van der Waals surface area (Å²) in [7, 11) is 0. The van der Waals surface area contributed by atoms with Gasteiger partial charge in [0.15, 0.2) is 0 Å². The number of nitrogens with zero attached hydrogens (tertiary/aromatic N) is 2. The van der Waals surface area contributed by atoms with Crippen molar-refractivity contribution in [2.24, 2.45) is 5.73 Å². The fourth-order valence-electron chi connectivity index (χ4n) is 1.07. The predicted molar refractivity (Wildman–Crippen MR) is 54.8 cm³/mol. The third kappa shape index (κ3) is 2.56. The molecule has 1 amide bonds. The van der Waals surface area contributed by atoms with Crippen LogP contribution in [0.5, 0.6) is 0 Å². The minimum Gasteiger partial charge on any atom is -0.320 e. The van der Waals surface area contributed by atoms with E-state index in [0.717, 1.165) is 13.0 Å². The predicted octanol–water partition coefficient (Wildman–Crippen LogP) is 0.579. The fourth-order valence-corrected chi connectivity index (χ4v) is 1.07. The Bertz CT molecular complexity index is 306. The summed E-state index contributed by atoms with van der Waals surface area (Å²) in [4.78, 5) is 11.3. The molecule has 0 bridgehead atoms. The number of carbonyl (C=O) groups is 1. The van der Waals surface area contributed by atoms with Gasteiger partial charge < -0.3 is 11.1 Å². The molecule has 0 unspecified atom stereocenters. The van der Waals surface area contributed by atoms with Gasteiger partial charge in [-0.15, -0.1) is 0 Å². The maximum atomic E-state index is 11.3. The van der Waals surface area contributed by atoms with Crippen LogP contribution in [-0.2, 0) is 11.3 Å². The van der Waals surface area contributed by atoms with Crippen molar-refractivity contribution in [3.8, 4) is 0 Å². The van der Waals surface area contributed by atoms with Crippen LogP contribution in [0.1, 0.15) is 20.3 Å². The highest BCUT2D eigenvalue weighted by atomic mass is 16.2. The molecule has 1 atom stereocenters. The Morgan fingerprint density at radius 2 is 2.50 bits per heavy atom. The van der Waals surface area contributed by atoms with Crippen LogP contribution in [0.25, 0.3) is 0 Å². The quantitative estimate of drug-likeness (QED) is 0.739. The minimum atomic E-state index is -0.500. The first-order valence-electron chi connectivity index (χ1n) is 4.73. The minimum absolute atomic E-state index is 0.192. The number of nitrogens with two attached hydrogens (primary N) is 1. The van der Waals surface area contributed by atoms with E-state index in [1.54, 1.807) is 23.9 Å². The highest BCUT2D eigenvalue weighted by Crippen LogP contribution is 2.06. The molecule has 0 saturated carbocycles. The Hall–Kier alpha value is -1.36. The molecule has 0 fully saturated rings. The van der Waals surface area contributed by atoms with E-state index < -0.39 is 6.04 Å². The second kappa shape index (κ2) is 4.76. The first-order valence-corrected chi connectivity index (χ1v) is 4.73. The standard InChI is InChI=1S/C9H16N4O/c1-3-6-13-8(4-5-11-13)12-9(14)7(2)10/h4-5,7H,3,6,10H2,1-2H3,(H,12,14)/t7-/m1/s1. The van der Waals surface area contributed by atoms with Crippen LogP contribution in [0.3, 0.4) is 0 Å². The molecule has 1 rings (SSSR count). The lowest BCUT2D eigenvalue weighted by Crippen LogP contribution is -2.33. The molecule has 0 aliphatic heterocycles. The molecular formula is C9H16N4O. The van der Waals surface area contributed by atoms with Gasteiger partial charge in [0.2, 0.25) is 5.91 Å². The van der Waals surface area contributed by atoms with Gasteiger partial charge in [0.1, 0.15) is 5.82 Å². The molecule has 0 aliphatic rings. The molecule has 1 aromatic rings. The Morgan fingerprint density at radius 1 is 1.79 bits per heavy atom. The fraction of sp³-hybridized carbons (Fsp3) is 0.556. The van der Waals surface area contributed by atoms with Gasteiger partial charge in [0, 0.05) is 12.6 Å². The molecule has 0 aliphatic carbocycles. The van der Waals surface area contributed by atoms with Gasteiger partial charge >= 0.3 is 0 Å². The van der Waals surface area contributed by atoms with Gasteiger partial charge in [-0.3, -0.25) is 4.79 Å². The van der Waals surface area contributed by atoms with Crippen molar-refractivity contribution in [3.63, 3.8) is 0 Å². The second-order valence-electron chi connectivity index (χ2n) is 3.22. The largest absolute Gasteiger partial charge is 0.320 e. The van der Waals surface area contributed by atoms with Crippen LogP contribution in [0.4, 0.5) is 5.82 Å². The molecule has 78 valence electrons. The number of rotatable bonds is 4. The van der Waals surface area contributed by atoms with E-state index in [0.29, 0.717) is 5.82 Å². The van der Waals surface area contributed by atoms with Crippen molar-refractivity contribution in [2.75, 3.05) is 5.32 Å². The lowest BCUT2D eigenvalue weighted by Gasteiger charge is -2.09. The Morgan fingerprint density at radius 3 is 3.07 bits per heavy atom. The number of aryl methyl sites for hydroxylation is 1. The number of aromatic nitrogens is 2. The highest BCUT2D eigenvalue weighted by molar-refractivity contribution is 5.93. The summed E-state index contributed by atoms with van der Waals surface area (Å²) in [5, 5.41) is 6.79. The average molecular weight is 196 g/mol. The van der Waals surface area contributed by atoms with E-state index in [2.05, 4.69) is 17.3 Å². The SMILES string of the molecule is CCCn1nccc1NC(=O)[C@@H](C)N. The third-order valence-corrected chi connectivity index (χ3v) is 1.82. The molecule has 0 aromatic carbocycles. The van der Waals surface area contributed by atoms with Crippen molar-refractivity contribution in [3.05, 3.63) is 12.3 Å². The molecule has 0 spiro atoms. The lowest BCUT2D eigenvalue weighted by atomic mass is 10.3. The van der Waals surface area contributed by atoms with E-state index in [-0.39, 0.29) is 5.91 Å². The van der Waals surface area contributed by atoms with Gasteiger partial charge in [-0.25, -0.2) is 4.68 Å². The van der Waals surface area contributed by atoms with Gasteiger partial charge in [-0.1, -0.05) is 6.92 Å². The molecule has 0 saturated heterocycles. The van der Waals surface area contributed by atoms with Gasteiger partial charge in [0.25, 0.3) is 0 Å². The van der Waals surface area contributed by atoms with Gasteiger partial charge in [-0.2, -0.15) is 5.10 Å². The number of anilines is 1. The maximum absolute atomic E-state index is 11.3. The molecule has 1 aromatic heterocycles. The van der Waals surface area contributed by atoms with Crippen LogP contribution in [0, 0.1) is 0 Å². The zero-order valence-corrected chi connectivity index (χ0v) is 8.53. The van der Waals surface area contributed by atoms with Crippen LogP contribution < -0.4 is 11.1 Å². The topological polar surface area (TPSA) is 72.9 Å². The first kappa shape index (κ1) is 10.7. The van der Waals surface area contributed by atoms with Crippen molar-refractivity contribution in [2.45, 2.75) is 32.9 Å². The molecule has 5 nitrogen and oxygen atoms in total. The summed E-state index contributed by atoms with van der Waals surface area (Å²) < 4.78 is 1.75. The van der Waals surface area contributed by atoms with Crippen LogP contribution in [-0.4, -0.2) is 21.7 Å². The Labute approximate surface area is 83.3 Å². The van der Waals surface area contributed by atoms with Crippen molar-refractivity contribution < 1.29 is 4.79 Å². The molecule has 5 heteroatoms. The van der Waals surface area contributed by atoms with E-state index in [1.807, 2.05) is 0 Å². The zero-order chi connectivity index (χ0) is 10.6. The van der Waals surface area contributed by atoms with E-state index >= 15 is 0 Å². The smallest absolute Gasteiger partial charge is 0.242 e. The number of nitrogens with one attached hydrogen (secondary N) is 1. The van der Waals surface area contributed by atoms with Gasteiger partial charge in [-0.05, 0) is 13.3 Å². The van der Waals surface area contributed by atoms with E-state index in [4.69, 9.17) is 5.73 Å². The normalized spacial score (nSPS) is 12.5. The van der Waals surface area contributed by atoms with E-state index in [9.17, 15) is 4.79 Å². The second-order valence-corrected chi connectivity index (χ2v) is 3.22. The summed E-state index contributed by atoms with van der Waals surface area (Å²) >= 11 is 0. The van der Waals surface area contributed by atoms with Crippen molar-refractivity contribution >= 4 is 11.7 Å². The summed E-state index contributed by atoms with van der Waals surface area (Å²) in [6, 6.07) is 1.26.